The number of piperazine rings is 1. The van der Waals surface area contributed by atoms with Crippen LogP contribution in [-0.4, -0.2) is 48.3 Å². The molecule has 0 aliphatic carbocycles. The average Bonchev–Trinajstić information content (AvgIpc) is 3.56. The Labute approximate surface area is 221 Å². The maximum absolute atomic E-state index is 13.7. The molecular weight excluding hydrogens is 486 g/mol. The Hall–Kier alpha value is -3.64. The van der Waals surface area contributed by atoms with Gasteiger partial charge in [0, 0.05) is 62.2 Å². The quantitative estimate of drug-likeness (QED) is 0.320. The highest BCUT2D eigenvalue weighted by molar-refractivity contribution is 6.33. The minimum Gasteiger partial charge on any atom is -0.454 e. The molecule has 6 nitrogen and oxygen atoms in total. The largest absolute Gasteiger partial charge is 0.454 e. The number of benzene rings is 3. The molecular formula is C30H30ClN3O3. The Morgan fingerprint density at radius 2 is 1.70 bits per heavy atom. The molecule has 2 aliphatic heterocycles. The second-order valence-electron chi connectivity index (χ2n) is 9.58. The van der Waals surface area contributed by atoms with E-state index in [1.165, 1.54) is 16.5 Å². The molecule has 0 N–H and O–H groups in total. The van der Waals surface area contributed by atoms with Crippen molar-refractivity contribution in [1.29, 1.82) is 0 Å². The number of fused-ring (bicyclic) bond motifs is 2. The van der Waals surface area contributed by atoms with Gasteiger partial charge in [-0.25, -0.2) is 0 Å². The Morgan fingerprint density at radius 1 is 0.946 bits per heavy atom. The zero-order chi connectivity index (χ0) is 25.4. The molecule has 3 aromatic carbocycles. The van der Waals surface area contributed by atoms with Crippen LogP contribution >= 0.6 is 11.6 Å². The number of nitrogens with zero attached hydrogens (tertiary/aromatic N) is 3. The summed E-state index contributed by atoms with van der Waals surface area (Å²) in [5, 5.41) is 1.93. The topological polar surface area (TPSA) is 46.9 Å². The van der Waals surface area contributed by atoms with Crippen LogP contribution in [0.15, 0.2) is 72.9 Å². The first-order valence-electron chi connectivity index (χ1n) is 12.9. The molecule has 0 bridgehead atoms. The van der Waals surface area contributed by atoms with Gasteiger partial charge in [-0.15, -0.1) is 0 Å². The van der Waals surface area contributed by atoms with Crippen molar-refractivity contribution < 1.29 is 14.3 Å². The monoisotopic (exact) mass is 515 g/mol. The summed E-state index contributed by atoms with van der Waals surface area (Å²) in [5.74, 6) is 1.55. The van der Waals surface area contributed by atoms with Crippen molar-refractivity contribution in [3.8, 4) is 11.5 Å². The van der Waals surface area contributed by atoms with Crippen LogP contribution in [0.3, 0.4) is 0 Å². The SMILES string of the molecule is CCn1cc([C@H](CC(=O)N2CCN(c3ccccc3Cl)CC2)c2ccc3c(c2)OCO3)c2ccccc21. The molecule has 190 valence electrons. The molecule has 1 amide bonds. The third-order valence-electron chi connectivity index (χ3n) is 7.54. The van der Waals surface area contributed by atoms with Gasteiger partial charge in [-0.1, -0.05) is 48.0 Å². The number of amides is 1. The van der Waals surface area contributed by atoms with Crippen molar-refractivity contribution in [3.05, 3.63) is 89.1 Å². The van der Waals surface area contributed by atoms with E-state index in [-0.39, 0.29) is 18.6 Å². The first-order chi connectivity index (χ1) is 18.1. The molecule has 2 aliphatic rings. The molecule has 3 heterocycles. The third kappa shape index (κ3) is 4.51. The van der Waals surface area contributed by atoms with Gasteiger partial charge >= 0.3 is 0 Å². The Morgan fingerprint density at radius 3 is 2.51 bits per heavy atom. The average molecular weight is 516 g/mol. The van der Waals surface area contributed by atoms with Crippen molar-refractivity contribution in [3.63, 3.8) is 0 Å². The van der Waals surface area contributed by atoms with E-state index in [2.05, 4.69) is 52.9 Å². The molecule has 0 saturated carbocycles. The maximum atomic E-state index is 13.7. The van der Waals surface area contributed by atoms with E-state index >= 15 is 0 Å². The summed E-state index contributed by atoms with van der Waals surface area (Å²) in [7, 11) is 0. The van der Waals surface area contributed by atoms with E-state index in [0.29, 0.717) is 19.5 Å². The van der Waals surface area contributed by atoms with Crippen LogP contribution in [-0.2, 0) is 11.3 Å². The number of anilines is 1. The fourth-order valence-corrected chi connectivity index (χ4v) is 5.82. The van der Waals surface area contributed by atoms with Gasteiger partial charge in [0.25, 0.3) is 0 Å². The molecule has 1 fully saturated rings. The minimum absolute atomic E-state index is 0.0960. The van der Waals surface area contributed by atoms with Gasteiger partial charge in [-0.3, -0.25) is 4.79 Å². The summed E-state index contributed by atoms with van der Waals surface area (Å²) in [6.07, 6.45) is 2.60. The van der Waals surface area contributed by atoms with Crippen LogP contribution in [0.5, 0.6) is 11.5 Å². The second-order valence-corrected chi connectivity index (χ2v) is 9.98. The number of aromatic nitrogens is 1. The van der Waals surface area contributed by atoms with Gasteiger partial charge in [-0.2, -0.15) is 0 Å². The predicted molar refractivity (Wildman–Crippen MR) is 147 cm³/mol. The van der Waals surface area contributed by atoms with Crippen LogP contribution in [0.1, 0.15) is 30.4 Å². The fourth-order valence-electron chi connectivity index (χ4n) is 5.56. The minimum atomic E-state index is -0.0960. The summed E-state index contributed by atoms with van der Waals surface area (Å²) in [4.78, 5) is 18.0. The third-order valence-corrected chi connectivity index (χ3v) is 7.86. The molecule has 0 unspecified atom stereocenters. The summed E-state index contributed by atoms with van der Waals surface area (Å²) < 4.78 is 13.5. The van der Waals surface area contributed by atoms with Crippen molar-refractivity contribution >= 4 is 34.1 Å². The Balaban J connectivity index is 1.28. The molecule has 6 rings (SSSR count). The van der Waals surface area contributed by atoms with Gasteiger partial charge in [0.1, 0.15) is 0 Å². The molecule has 1 saturated heterocycles. The lowest BCUT2D eigenvalue weighted by Gasteiger charge is -2.37. The highest BCUT2D eigenvalue weighted by atomic mass is 35.5. The van der Waals surface area contributed by atoms with Gasteiger partial charge < -0.3 is 23.8 Å². The van der Waals surface area contributed by atoms with E-state index < -0.39 is 0 Å². The van der Waals surface area contributed by atoms with Gasteiger partial charge in [0.15, 0.2) is 11.5 Å². The molecule has 1 atom stereocenters. The van der Waals surface area contributed by atoms with Crippen LogP contribution < -0.4 is 14.4 Å². The summed E-state index contributed by atoms with van der Waals surface area (Å²) in [5.41, 5.74) is 4.44. The number of hydrogen-bond donors (Lipinski definition) is 0. The molecule has 1 aromatic heterocycles. The molecule has 7 heteroatoms. The van der Waals surface area contributed by atoms with E-state index in [0.717, 1.165) is 47.4 Å². The summed E-state index contributed by atoms with van der Waals surface area (Å²) >= 11 is 6.42. The van der Waals surface area contributed by atoms with E-state index in [9.17, 15) is 4.79 Å². The smallest absolute Gasteiger partial charge is 0.231 e. The number of ether oxygens (including phenoxy) is 2. The van der Waals surface area contributed by atoms with E-state index in [1.807, 2.05) is 41.3 Å². The number of para-hydroxylation sites is 2. The van der Waals surface area contributed by atoms with Crippen molar-refractivity contribution in [2.45, 2.75) is 25.8 Å². The predicted octanol–water partition coefficient (Wildman–Crippen LogP) is 5.91. The summed E-state index contributed by atoms with van der Waals surface area (Å²) in [6.45, 7) is 6.12. The van der Waals surface area contributed by atoms with Crippen molar-refractivity contribution in [1.82, 2.24) is 9.47 Å². The van der Waals surface area contributed by atoms with E-state index in [4.69, 9.17) is 21.1 Å². The zero-order valence-electron chi connectivity index (χ0n) is 20.9. The maximum Gasteiger partial charge on any atom is 0.231 e. The lowest BCUT2D eigenvalue weighted by molar-refractivity contribution is -0.131. The first kappa shape index (κ1) is 23.7. The lowest BCUT2D eigenvalue weighted by Crippen LogP contribution is -2.49. The lowest BCUT2D eigenvalue weighted by atomic mass is 9.87. The number of carbonyl (C=O) groups excluding carboxylic acids is 1. The van der Waals surface area contributed by atoms with Crippen LogP contribution in [0.25, 0.3) is 10.9 Å². The Bertz CT molecular complexity index is 1440. The van der Waals surface area contributed by atoms with Crippen molar-refractivity contribution in [2.75, 3.05) is 37.9 Å². The number of aryl methyl sites for hydroxylation is 1. The molecule has 37 heavy (non-hydrogen) atoms. The number of halogens is 1. The van der Waals surface area contributed by atoms with Crippen molar-refractivity contribution in [2.24, 2.45) is 0 Å². The number of hydrogen-bond acceptors (Lipinski definition) is 4. The number of rotatable bonds is 6. The normalized spacial score (nSPS) is 15.8. The molecule has 0 radical (unpaired) electrons. The standard InChI is InChI=1S/C30H30ClN3O3/c1-2-32-19-24(22-7-3-5-9-26(22)32)23(21-11-12-28-29(17-21)37-20-36-28)18-30(35)34-15-13-33(14-16-34)27-10-6-4-8-25(27)31/h3-12,17,19,23H,2,13-16,18,20H2,1H3/t23-/m1/s1. The van der Waals surface area contributed by atoms with Gasteiger partial charge in [-0.05, 0) is 48.4 Å². The van der Waals surface area contributed by atoms with Crippen LogP contribution in [0.4, 0.5) is 5.69 Å². The molecule has 4 aromatic rings. The Kier molecular flexibility index (Phi) is 6.43. The van der Waals surface area contributed by atoms with Gasteiger partial charge in [0.05, 0.1) is 10.7 Å². The highest BCUT2D eigenvalue weighted by Gasteiger charge is 2.29. The number of carbonyl (C=O) groups is 1. The fraction of sp³-hybridized carbons (Fsp3) is 0.300. The zero-order valence-corrected chi connectivity index (χ0v) is 21.7. The van der Waals surface area contributed by atoms with Gasteiger partial charge in [0.2, 0.25) is 12.7 Å². The summed E-state index contributed by atoms with van der Waals surface area (Å²) in [6, 6.07) is 22.4. The first-order valence-corrected chi connectivity index (χ1v) is 13.2. The van der Waals surface area contributed by atoms with E-state index in [1.54, 1.807) is 0 Å². The van der Waals surface area contributed by atoms with Crippen LogP contribution in [0, 0.1) is 0 Å². The van der Waals surface area contributed by atoms with Crippen LogP contribution in [0.2, 0.25) is 5.02 Å². The second kappa shape index (κ2) is 10.0. The highest BCUT2D eigenvalue weighted by Crippen LogP contribution is 2.40. The molecule has 0 spiro atoms.